The minimum atomic E-state index is -0.474. The molecule has 2 heterocycles. The first-order valence-corrected chi connectivity index (χ1v) is 7.25. The summed E-state index contributed by atoms with van der Waals surface area (Å²) in [6, 6.07) is 12.7. The number of nitrogens with zero attached hydrogens (tertiary/aromatic N) is 2. The molecule has 0 spiro atoms. The van der Waals surface area contributed by atoms with Crippen LogP contribution in [-0.2, 0) is 6.42 Å². The number of aromatic amines is 1. The van der Waals surface area contributed by atoms with Gasteiger partial charge in [-0.05, 0) is 29.8 Å². The Morgan fingerprint density at radius 2 is 2.09 bits per heavy atom. The SMILES string of the molecule is O=c1[nH]c2cc(Cc3nc(-c4cccc(Cl)c4)no3)ccc2o1. The second-order valence-electron chi connectivity index (χ2n) is 5.04. The summed E-state index contributed by atoms with van der Waals surface area (Å²) in [6.07, 6.45) is 0.455. The molecule has 0 fully saturated rings. The number of oxazole rings is 1. The van der Waals surface area contributed by atoms with Crippen molar-refractivity contribution in [3.05, 3.63) is 69.5 Å². The van der Waals surface area contributed by atoms with Crippen molar-refractivity contribution in [3.8, 4) is 11.4 Å². The van der Waals surface area contributed by atoms with Gasteiger partial charge in [0.05, 0.1) is 11.9 Å². The lowest BCUT2D eigenvalue weighted by Gasteiger charge is -1.96. The van der Waals surface area contributed by atoms with Gasteiger partial charge in [0, 0.05) is 10.6 Å². The van der Waals surface area contributed by atoms with Gasteiger partial charge in [-0.1, -0.05) is 35.0 Å². The molecule has 2 aromatic carbocycles. The van der Waals surface area contributed by atoms with Crippen LogP contribution in [0.1, 0.15) is 11.5 Å². The number of rotatable bonds is 3. The number of H-pyrrole nitrogens is 1. The maximum atomic E-state index is 11.2. The normalized spacial score (nSPS) is 11.2. The van der Waals surface area contributed by atoms with Crippen molar-refractivity contribution in [1.29, 1.82) is 0 Å². The van der Waals surface area contributed by atoms with Crippen LogP contribution in [0.5, 0.6) is 0 Å². The standard InChI is InChI=1S/C16H10ClN3O3/c17-11-3-1-2-10(8-11)15-19-14(23-20-15)7-9-4-5-13-12(6-9)18-16(21)22-13/h1-6,8H,7H2,(H,18,21). The fourth-order valence-corrected chi connectivity index (χ4v) is 2.55. The molecule has 0 bridgehead atoms. The molecule has 2 aromatic heterocycles. The lowest BCUT2D eigenvalue weighted by Crippen LogP contribution is -1.93. The summed E-state index contributed by atoms with van der Waals surface area (Å²) in [4.78, 5) is 18.2. The van der Waals surface area contributed by atoms with Crippen LogP contribution in [0.25, 0.3) is 22.5 Å². The molecule has 0 aliphatic heterocycles. The molecule has 0 unspecified atom stereocenters. The zero-order valence-electron chi connectivity index (χ0n) is 11.7. The van der Waals surface area contributed by atoms with Crippen molar-refractivity contribution in [2.75, 3.05) is 0 Å². The molecule has 0 amide bonds. The lowest BCUT2D eigenvalue weighted by molar-refractivity contribution is 0.386. The first kappa shape index (κ1) is 13.8. The van der Waals surface area contributed by atoms with Crippen LogP contribution in [-0.4, -0.2) is 15.1 Å². The fourth-order valence-electron chi connectivity index (χ4n) is 2.36. The largest absolute Gasteiger partial charge is 0.417 e. The molecule has 0 saturated heterocycles. The van der Waals surface area contributed by atoms with E-state index < -0.39 is 5.76 Å². The highest BCUT2D eigenvalue weighted by Crippen LogP contribution is 2.21. The zero-order chi connectivity index (χ0) is 15.8. The highest BCUT2D eigenvalue weighted by molar-refractivity contribution is 6.30. The minimum Gasteiger partial charge on any atom is -0.408 e. The summed E-state index contributed by atoms with van der Waals surface area (Å²) in [6.45, 7) is 0. The summed E-state index contributed by atoms with van der Waals surface area (Å²) < 4.78 is 10.3. The lowest BCUT2D eigenvalue weighted by atomic mass is 10.1. The van der Waals surface area contributed by atoms with Gasteiger partial charge in [0.15, 0.2) is 5.58 Å². The van der Waals surface area contributed by atoms with Gasteiger partial charge < -0.3 is 8.94 Å². The average molecular weight is 328 g/mol. The van der Waals surface area contributed by atoms with Gasteiger partial charge in [-0.2, -0.15) is 4.98 Å². The van der Waals surface area contributed by atoms with E-state index in [1.54, 1.807) is 18.2 Å². The van der Waals surface area contributed by atoms with Gasteiger partial charge in [0.2, 0.25) is 11.7 Å². The zero-order valence-corrected chi connectivity index (χ0v) is 12.5. The van der Waals surface area contributed by atoms with Crippen molar-refractivity contribution in [3.63, 3.8) is 0 Å². The third kappa shape index (κ3) is 2.76. The van der Waals surface area contributed by atoms with E-state index >= 15 is 0 Å². The Bertz CT molecular complexity index is 1050. The molecule has 4 rings (SSSR count). The van der Waals surface area contributed by atoms with Crippen LogP contribution in [0, 0.1) is 0 Å². The second-order valence-corrected chi connectivity index (χ2v) is 5.48. The van der Waals surface area contributed by atoms with Crippen LogP contribution in [0.4, 0.5) is 0 Å². The Kier molecular flexibility index (Phi) is 3.24. The minimum absolute atomic E-state index is 0.455. The van der Waals surface area contributed by atoms with Gasteiger partial charge in [-0.15, -0.1) is 0 Å². The number of fused-ring (bicyclic) bond motifs is 1. The van der Waals surface area contributed by atoms with E-state index in [2.05, 4.69) is 15.1 Å². The second kappa shape index (κ2) is 5.40. The molecule has 0 atom stereocenters. The molecule has 0 aliphatic rings. The predicted octanol–water partition coefficient (Wildman–Crippen LogP) is 3.42. The number of aromatic nitrogens is 3. The van der Waals surface area contributed by atoms with Gasteiger partial charge in [-0.25, -0.2) is 4.79 Å². The highest BCUT2D eigenvalue weighted by atomic mass is 35.5. The van der Waals surface area contributed by atoms with Crippen LogP contribution < -0.4 is 5.76 Å². The molecule has 0 saturated carbocycles. The van der Waals surface area contributed by atoms with Crippen molar-refractivity contribution in [2.24, 2.45) is 0 Å². The molecule has 0 aliphatic carbocycles. The number of hydrogen-bond acceptors (Lipinski definition) is 5. The Morgan fingerprint density at radius 3 is 2.96 bits per heavy atom. The van der Waals surface area contributed by atoms with E-state index in [1.165, 1.54) is 0 Å². The van der Waals surface area contributed by atoms with Crippen LogP contribution in [0.2, 0.25) is 5.02 Å². The van der Waals surface area contributed by atoms with Gasteiger partial charge in [0.1, 0.15) is 0 Å². The van der Waals surface area contributed by atoms with Crippen molar-refractivity contribution in [2.45, 2.75) is 6.42 Å². The Balaban J connectivity index is 1.62. The fraction of sp³-hybridized carbons (Fsp3) is 0.0625. The van der Waals surface area contributed by atoms with Crippen molar-refractivity contribution >= 4 is 22.7 Å². The van der Waals surface area contributed by atoms with E-state index in [4.69, 9.17) is 20.5 Å². The monoisotopic (exact) mass is 327 g/mol. The van der Waals surface area contributed by atoms with Gasteiger partial charge >= 0.3 is 5.76 Å². The maximum absolute atomic E-state index is 11.2. The first-order chi connectivity index (χ1) is 11.2. The highest BCUT2D eigenvalue weighted by Gasteiger charge is 2.10. The van der Waals surface area contributed by atoms with E-state index in [9.17, 15) is 4.79 Å². The molecule has 23 heavy (non-hydrogen) atoms. The summed E-state index contributed by atoms with van der Waals surface area (Å²) >= 11 is 5.96. The predicted molar refractivity (Wildman–Crippen MR) is 84.4 cm³/mol. The molecule has 1 N–H and O–H groups in total. The summed E-state index contributed by atoms with van der Waals surface area (Å²) in [5.41, 5.74) is 2.88. The van der Waals surface area contributed by atoms with Crippen molar-refractivity contribution in [1.82, 2.24) is 15.1 Å². The topological polar surface area (TPSA) is 84.9 Å². The van der Waals surface area contributed by atoms with Gasteiger partial charge in [-0.3, -0.25) is 4.98 Å². The van der Waals surface area contributed by atoms with Gasteiger partial charge in [0.25, 0.3) is 0 Å². The molecular weight excluding hydrogens is 318 g/mol. The first-order valence-electron chi connectivity index (χ1n) is 6.88. The quantitative estimate of drug-likeness (QED) is 0.623. The molecular formula is C16H10ClN3O3. The van der Waals surface area contributed by atoms with Crippen molar-refractivity contribution < 1.29 is 8.94 Å². The van der Waals surface area contributed by atoms with Crippen LogP contribution in [0.3, 0.4) is 0 Å². The summed E-state index contributed by atoms with van der Waals surface area (Å²) in [5, 5.41) is 4.58. The smallest absolute Gasteiger partial charge is 0.408 e. The number of halogens is 1. The van der Waals surface area contributed by atoms with E-state index in [-0.39, 0.29) is 0 Å². The Labute approximate surface area is 134 Å². The van der Waals surface area contributed by atoms with Crippen LogP contribution in [0.15, 0.2) is 56.2 Å². The average Bonchev–Trinajstić information content (AvgIpc) is 3.12. The third-order valence-corrected chi connectivity index (χ3v) is 3.62. The summed E-state index contributed by atoms with van der Waals surface area (Å²) in [5.74, 6) is 0.489. The summed E-state index contributed by atoms with van der Waals surface area (Å²) in [7, 11) is 0. The molecule has 0 radical (unpaired) electrons. The Hall–Kier alpha value is -2.86. The van der Waals surface area contributed by atoms with Crippen LogP contribution >= 0.6 is 11.6 Å². The van der Waals surface area contributed by atoms with E-state index in [0.717, 1.165) is 11.1 Å². The number of benzene rings is 2. The molecule has 114 valence electrons. The number of nitrogens with one attached hydrogen (secondary N) is 1. The van der Waals surface area contributed by atoms with E-state index in [0.29, 0.717) is 34.3 Å². The Morgan fingerprint density at radius 1 is 1.17 bits per heavy atom. The number of hydrogen-bond donors (Lipinski definition) is 1. The van der Waals surface area contributed by atoms with E-state index in [1.807, 2.05) is 24.3 Å². The third-order valence-electron chi connectivity index (χ3n) is 3.39. The molecule has 4 aromatic rings. The molecule has 7 heteroatoms. The maximum Gasteiger partial charge on any atom is 0.417 e. The molecule has 6 nitrogen and oxygen atoms in total.